The number of fused-ring (bicyclic) bond motifs is 1. The maximum Gasteiger partial charge on any atom is 0.416 e. The molecular formula is C37H51N5O2. The van der Waals surface area contributed by atoms with Gasteiger partial charge in [0.15, 0.2) is 5.82 Å². The van der Waals surface area contributed by atoms with Crippen LogP contribution in [-0.4, -0.2) is 38.7 Å². The summed E-state index contributed by atoms with van der Waals surface area (Å²) in [5.74, 6) is 3.53. The average molecular weight is 598 g/mol. The van der Waals surface area contributed by atoms with Crippen LogP contribution < -0.4 is 4.74 Å². The van der Waals surface area contributed by atoms with Gasteiger partial charge in [0.2, 0.25) is 5.88 Å². The lowest BCUT2D eigenvalue weighted by Crippen LogP contribution is -2.40. The van der Waals surface area contributed by atoms with E-state index in [2.05, 4.69) is 96.7 Å². The normalized spacial score (nSPS) is 20.5. The fourth-order valence-electron chi connectivity index (χ4n) is 7.36. The van der Waals surface area contributed by atoms with Gasteiger partial charge in [0.25, 0.3) is 5.69 Å². The summed E-state index contributed by atoms with van der Waals surface area (Å²) in [5.41, 5.74) is 5.19. The number of rotatable bonds is 10. The van der Waals surface area contributed by atoms with Crippen molar-refractivity contribution in [3.8, 4) is 17.3 Å². The van der Waals surface area contributed by atoms with Crippen LogP contribution in [0.5, 0.6) is 5.88 Å². The molecular weight excluding hydrogens is 546 g/mol. The number of nitrogens with one attached hydrogen (secondary N) is 1. The van der Waals surface area contributed by atoms with Gasteiger partial charge in [-0.25, -0.2) is 19.1 Å². The molecule has 3 aromatic rings. The maximum atomic E-state index is 13.4. The van der Waals surface area contributed by atoms with Crippen LogP contribution in [0.15, 0.2) is 43.5 Å². The Hall–Kier alpha value is -3.79. The molecule has 1 aromatic carbocycles. The van der Waals surface area contributed by atoms with Gasteiger partial charge in [0, 0.05) is 24.2 Å². The molecule has 0 saturated heterocycles. The van der Waals surface area contributed by atoms with Gasteiger partial charge in [-0.15, -0.1) is 13.2 Å². The Kier molecular flexibility index (Phi) is 10.1. The summed E-state index contributed by atoms with van der Waals surface area (Å²) in [6.07, 6.45) is 6.97. The Morgan fingerprint density at radius 2 is 1.91 bits per heavy atom. The summed E-state index contributed by atoms with van der Waals surface area (Å²) in [6, 6.07) is 6.29. The molecule has 4 rings (SSSR count). The molecule has 1 aliphatic rings. The number of benzene rings is 1. The summed E-state index contributed by atoms with van der Waals surface area (Å²) in [5, 5.41) is 3.41. The Balaban J connectivity index is 1.91. The predicted octanol–water partition coefficient (Wildman–Crippen LogP) is 9.58. The van der Waals surface area contributed by atoms with Crippen LogP contribution in [0.3, 0.4) is 0 Å². The number of H-pyrrole nitrogens is 1. The smallest absolute Gasteiger partial charge is 0.402 e. The van der Waals surface area contributed by atoms with Crippen LogP contribution in [0.1, 0.15) is 77.5 Å². The minimum atomic E-state index is -0.555. The first kappa shape index (κ1) is 33.1. The van der Waals surface area contributed by atoms with Crippen molar-refractivity contribution >= 4 is 17.4 Å². The minimum absolute atomic E-state index is 0.117. The van der Waals surface area contributed by atoms with Crippen LogP contribution >= 0.6 is 0 Å². The molecule has 7 heteroatoms. The Morgan fingerprint density at radius 3 is 2.50 bits per heavy atom. The SMILES string of the molecule is [C-]#[N+]c1c(CC2C(CC(C)C)CC(C)CC2C(C)(C)C)c2nc(-c3cc(C)ccc3C)[nH]n2c1OC(=O)N(CC=C)CC=C. The lowest BCUT2D eigenvalue weighted by atomic mass is 9.57. The van der Waals surface area contributed by atoms with Gasteiger partial charge in [-0.1, -0.05) is 71.4 Å². The predicted molar refractivity (Wildman–Crippen MR) is 180 cm³/mol. The van der Waals surface area contributed by atoms with E-state index in [1.165, 1.54) is 17.7 Å². The van der Waals surface area contributed by atoms with E-state index in [-0.39, 0.29) is 11.3 Å². The number of hydrogen-bond donors (Lipinski definition) is 1. The quantitative estimate of drug-likeness (QED) is 0.187. The zero-order valence-corrected chi connectivity index (χ0v) is 28.0. The molecule has 2 aromatic heterocycles. The van der Waals surface area contributed by atoms with Gasteiger partial charge >= 0.3 is 6.09 Å². The zero-order valence-electron chi connectivity index (χ0n) is 28.0. The van der Waals surface area contributed by atoms with Gasteiger partial charge in [-0.05, 0) is 86.2 Å². The van der Waals surface area contributed by atoms with Crippen molar-refractivity contribution < 1.29 is 9.53 Å². The molecule has 1 aliphatic carbocycles. The summed E-state index contributed by atoms with van der Waals surface area (Å²) in [7, 11) is 0. The third-order valence-electron chi connectivity index (χ3n) is 9.32. The summed E-state index contributed by atoms with van der Waals surface area (Å²) in [4.78, 5) is 24.1. The fourth-order valence-corrected chi connectivity index (χ4v) is 7.36. The molecule has 1 N–H and O–H groups in total. The van der Waals surface area contributed by atoms with Crippen molar-refractivity contribution in [1.82, 2.24) is 19.5 Å². The number of hydrogen-bond acceptors (Lipinski definition) is 3. The number of amides is 1. The lowest BCUT2D eigenvalue weighted by molar-refractivity contribution is 0.0259. The molecule has 1 fully saturated rings. The summed E-state index contributed by atoms with van der Waals surface area (Å²) < 4.78 is 7.78. The van der Waals surface area contributed by atoms with Gasteiger partial charge in [0.05, 0.1) is 6.57 Å². The Bertz CT molecular complexity index is 1530. The first-order valence-corrected chi connectivity index (χ1v) is 16.1. The first-order valence-electron chi connectivity index (χ1n) is 16.1. The fraction of sp³-hybridized carbons (Fsp3) is 0.541. The highest BCUT2D eigenvalue weighted by molar-refractivity contribution is 5.80. The molecule has 4 unspecified atom stereocenters. The zero-order chi connectivity index (χ0) is 32.3. The standard InChI is InChI=1S/C37H51N5O2/c1-12-16-41(17-13-2)36(43)44-35-32(38-11)30(34-39-33(40-42(34)35)28-20-24(5)14-15-26(28)7)22-29-27(18-23(3)4)19-25(6)21-31(29)37(8,9)10/h12-15,20,23,25,27,29,31H,1-2,16-19,21-22H2,3-10H3,(H,39,40). The molecule has 0 bridgehead atoms. The van der Waals surface area contributed by atoms with E-state index in [0.29, 0.717) is 66.3 Å². The number of aryl methyl sites for hydroxylation is 2. The second kappa shape index (κ2) is 13.5. The van der Waals surface area contributed by atoms with E-state index < -0.39 is 6.09 Å². The van der Waals surface area contributed by atoms with Crippen molar-refractivity contribution in [3.63, 3.8) is 0 Å². The van der Waals surface area contributed by atoms with Crippen LogP contribution in [-0.2, 0) is 6.42 Å². The van der Waals surface area contributed by atoms with E-state index in [0.717, 1.165) is 28.7 Å². The highest BCUT2D eigenvalue weighted by Gasteiger charge is 2.43. The number of ether oxygens (including phenoxy) is 1. The molecule has 4 atom stereocenters. The number of aromatic amines is 1. The average Bonchev–Trinajstić information content (AvgIpc) is 3.48. The highest BCUT2D eigenvalue weighted by atomic mass is 16.6. The molecule has 1 amide bonds. The Morgan fingerprint density at radius 1 is 1.23 bits per heavy atom. The second-order valence-electron chi connectivity index (χ2n) is 14.5. The van der Waals surface area contributed by atoms with E-state index in [1.807, 2.05) is 0 Å². The monoisotopic (exact) mass is 597 g/mol. The summed E-state index contributed by atoms with van der Waals surface area (Å²) in [6.45, 7) is 34.7. The van der Waals surface area contributed by atoms with E-state index in [9.17, 15) is 4.79 Å². The molecule has 0 aliphatic heterocycles. The van der Waals surface area contributed by atoms with Gasteiger partial charge in [0.1, 0.15) is 5.65 Å². The van der Waals surface area contributed by atoms with Crippen LogP contribution in [0.25, 0.3) is 21.9 Å². The molecule has 2 heterocycles. The van der Waals surface area contributed by atoms with Crippen LogP contribution in [0.2, 0.25) is 0 Å². The molecule has 0 radical (unpaired) electrons. The third kappa shape index (κ3) is 6.96. The molecule has 236 valence electrons. The maximum absolute atomic E-state index is 13.4. The van der Waals surface area contributed by atoms with Crippen molar-refractivity contribution in [2.75, 3.05) is 13.1 Å². The van der Waals surface area contributed by atoms with Crippen LogP contribution in [0.4, 0.5) is 10.5 Å². The van der Waals surface area contributed by atoms with Gasteiger partial charge < -0.3 is 9.64 Å². The van der Waals surface area contributed by atoms with Crippen molar-refractivity contribution in [3.05, 3.63) is 71.6 Å². The molecule has 7 nitrogen and oxygen atoms in total. The number of carbonyl (C=O) groups is 1. The van der Waals surface area contributed by atoms with Gasteiger partial charge in [-0.2, -0.15) is 0 Å². The number of nitrogens with zero attached hydrogens (tertiary/aromatic N) is 4. The topological polar surface area (TPSA) is 67.0 Å². The minimum Gasteiger partial charge on any atom is -0.402 e. The van der Waals surface area contributed by atoms with Crippen LogP contribution in [0, 0.1) is 55.4 Å². The van der Waals surface area contributed by atoms with E-state index >= 15 is 0 Å². The van der Waals surface area contributed by atoms with E-state index in [4.69, 9.17) is 16.3 Å². The highest BCUT2D eigenvalue weighted by Crippen LogP contribution is 2.51. The van der Waals surface area contributed by atoms with Crippen molar-refractivity contribution in [1.29, 1.82) is 0 Å². The Labute approximate surface area is 264 Å². The van der Waals surface area contributed by atoms with Crippen molar-refractivity contribution in [2.24, 2.45) is 35.0 Å². The number of aromatic nitrogens is 3. The largest absolute Gasteiger partial charge is 0.416 e. The summed E-state index contributed by atoms with van der Waals surface area (Å²) >= 11 is 0. The molecule has 1 saturated carbocycles. The lowest BCUT2D eigenvalue weighted by Gasteiger charge is -2.48. The molecule has 0 spiro atoms. The number of carbonyl (C=O) groups excluding carboxylic acids is 1. The van der Waals surface area contributed by atoms with Crippen molar-refractivity contribution in [2.45, 2.75) is 81.1 Å². The second-order valence-corrected chi connectivity index (χ2v) is 14.5. The third-order valence-corrected chi connectivity index (χ3v) is 9.32. The first-order chi connectivity index (χ1) is 20.8. The van der Waals surface area contributed by atoms with E-state index in [1.54, 1.807) is 16.7 Å². The molecule has 44 heavy (non-hydrogen) atoms. The van der Waals surface area contributed by atoms with Gasteiger partial charge in [-0.3, -0.25) is 5.10 Å².